The van der Waals surface area contributed by atoms with Crippen LogP contribution in [-0.2, 0) is 0 Å². The minimum atomic E-state index is 0.296. The first-order valence-corrected chi connectivity index (χ1v) is 7.22. The zero-order valence-corrected chi connectivity index (χ0v) is 12.7. The minimum Gasteiger partial charge on any atom is -0.461 e. The molecular formula is C16H18ClNO2. The molecule has 0 bridgehead atoms. The molecule has 3 aromatic rings. The van der Waals surface area contributed by atoms with Gasteiger partial charge in [-0.05, 0) is 44.9 Å². The van der Waals surface area contributed by atoms with Gasteiger partial charge in [-0.25, -0.2) is 0 Å². The Bertz CT molecular complexity index is 727. The third kappa shape index (κ3) is 1.93. The maximum atomic E-state index is 6.48. The lowest BCUT2D eigenvalue weighted by atomic mass is 9.93. The number of hydrogen-bond donors (Lipinski definition) is 1. The first kappa shape index (κ1) is 13.5. The Labute approximate surface area is 122 Å². The summed E-state index contributed by atoms with van der Waals surface area (Å²) in [5.74, 6) is 2.00. The van der Waals surface area contributed by atoms with E-state index in [-0.39, 0.29) is 0 Å². The van der Waals surface area contributed by atoms with Crippen molar-refractivity contribution in [1.82, 2.24) is 0 Å². The van der Waals surface area contributed by atoms with Gasteiger partial charge in [0.15, 0.2) is 5.58 Å². The van der Waals surface area contributed by atoms with E-state index in [9.17, 15) is 0 Å². The normalized spacial score (nSPS) is 13.4. The van der Waals surface area contributed by atoms with E-state index in [1.54, 1.807) is 0 Å². The molecule has 1 atom stereocenters. The third-order valence-corrected chi connectivity index (χ3v) is 4.15. The minimum absolute atomic E-state index is 0.296. The highest BCUT2D eigenvalue weighted by molar-refractivity contribution is 6.40. The van der Waals surface area contributed by atoms with Crippen molar-refractivity contribution in [2.75, 3.05) is 6.54 Å². The molecule has 106 valence electrons. The van der Waals surface area contributed by atoms with Gasteiger partial charge in [0.1, 0.15) is 17.1 Å². The predicted molar refractivity (Wildman–Crippen MR) is 82.6 cm³/mol. The molecular weight excluding hydrogens is 274 g/mol. The summed E-state index contributed by atoms with van der Waals surface area (Å²) in [4.78, 5) is 0. The lowest BCUT2D eigenvalue weighted by Gasteiger charge is -2.13. The number of fused-ring (bicyclic) bond motifs is 2. The molecule has 2 heterocycles. The van der Waals surface area contributed by atoms with Crippen molar-refractivity contribution in [3.8, 4) is 0 Å². The fraction of sp³-hybridized carbons (Fsp3) is 0.375. The van der Waals surface area contributed by atoms with Crippen LogP contribution in [0.25, 0.3) is 21.9 Å². The molecule has 0 spiro atoms. The molecule has 0 aliphatic carbocycles. The van der Waals surface area contributed by atoms with Gasteiger partial charge in [0, 0.05) is 16.3 Å². The van der Waals surface area contributed by atoms with Crippen molar-refractivity contribution < 1.29 is 8.83 Å². The molecule has 0 saturated heterocycles. The van der Waals surface area contributed by atoms with Gasteiger partial charge in [-0.3, -0.25) is 0 Å². The van der Waals surface area contributed by atoms with Crippen LogP contribution in [0.2, 0.25) is 5.02 Å². The number of benzene rings is 1. The molecule has 1 unspecified atom stereocenters. The number of furan rings is 2. The quantitative estimate of drug-likeness (QED) is 0.746. The maximum absolute atomic E-state index is 6.48. The Morgan fingerprint density at radius 3 is 2.35 bits per heavy atom. The lowest BCUT2D eigenvalue weighted by molar-refractivity contribution is 0.566. The second kappa shape index (κ2) is 4.83. The summed E-state index contributed by atoms with van der Waals surface area (Å²) < 4.78 is 11.7. The SMILES string of the molecule is Cc1cc2c(C(C)CCN)c3oc(C)cc3c(Cl)c2o1. The molecule has 2 aromatic heterocycles. The predicted octanol–water partition coefficient (Wildman–Crippen LogP) is 4.90. The van der Waals surface area contributed by atoms with E-state index in [1.807, 2.05) is 26.0 Å². The highest BCUT2D eigenvalue weighted by Crippen LogP contribution is 2.42. The van der Waals surface area contributed by atoms with Gasteiger partial charge in [-0.15, -0.1) is 0 Å². The topological polar surface area (TPSA) is 52.3 Å². The van der Waals surface area contributed by atoms with E-state index in [0.29, 0.717) is 17.5 Å². The van der Waals surface area contributed by atoms with Gasteiger partial charge in [-0.1, -0.05) is 18.5 Å². The van der Waals surface area contributed by atoms with Crippen molar-refractivity contribution in [2.24, 2.45) is 5.73 Å². The molecule has 3 nitrogen and oxygen atoms in total. The van der Waals surface area contributed by atoms with Crippen molar-refractivity contribution >= 4 is 33.5 Å². The van der Waals surface area contributed by atoms with E-state index < -0.39 is 0 Å². The monoisotopic (exact) mass is 291 g/mol. The van der Waals surface area contributed by atoms with Crippen LogP contribution in [0.1, 0.15) is 36.3 Å². The zero-order chi connectivity index (χ0) is 14.4. The molecule has 0 amide bonds. The molecule has 0 aliphatic heterocycles. The standard InChI is InChI=1S/C16H18ClNO2/c1-8(4-5-18)13-11-6-9(2)20-16(11)14(17)12-7-10(3)19-15(12)13/h6-8H,4-5,18H2,1-3H3. The molecule has 0 saturated carbocycles. The lowest BCUT2D eigenvalue weighted by Crippen LogP contribution is -2.05. The van der Waals surface area contributed by atoms with Gasteiger partial charge in [-0.2, -0.15) is 0 Å². The molecule has 0 aliphatic rings. The van der Waals surface area contributed by atoms with Crippen LogP contribution in [-0.4, -0.2) is 6.54 Å². The summed E-state index contributed by atoms with van der Waals surface area (Å²) in [6, 6.07) is 3.99. The summed E-state index contributed by atoms with van der Waals surface area (Å²) in [7, 11) is 0. The number of rotatable bonds is 3. The van der Waals surface area contributed by atoms with Crippen molar-refractivity contribution in [3.05, 3.63) is 34.2 Å². The van der Waals surface area contributed by atoms with Crippen molar-refractivity contribution in [2.45, 2.75) is 33.1 Å². The highest BCUT2D eigenvalue weighted by Gasteiger charge is 2.22. The van der Waals surface area contributed by atoms with Crippen LogP contribution < -0.4 is 5.73 Å². The Kier molecular flexibility index (Phi) is 3.27. The molecule has 3 rings (SSSR count). The van der Waals surface area contributed by atoms with Crippen molar-refractivity contribution in [1.29, 1.82) is 0 Å². The van der Waals surface area contributed by atoms with Crippen LogP contribution in [0, 0.1) is 13.8 Å². The van der Waals surface area contributed by atoms with Crippen LogP contribution in [0.15, 0.2) is 21.0 Å². The smallest absolute Gasteiger partial charge is 0.154 e. The summed E-state index contributed by atoms with van der Waals surface area (Å²) in [6.45, 7) is 6.67. The number of aryl methyl sites for hydroxylation is 2. The Balaban J connectivity index is 2.44. The van der Waals surface area contributed by atoms with Crippen LogP contribution in [0.4, 0.5) is 0 Å². The molecule has 4 heteroatoms. The summed E-state index contributed by atoms with van der Waals surface area (Å²) in [5.41, 5.74) is 8.47. The van der Waals surface area contributed by atoms with E-state index in [2.05, 4.69) is 6.92 Å². The average Bonchev–Trinajstić information content (AvgIpc) is 2.93. The van der Waals surface area contributed by atoms with Crippen LogP contribution in [0.3, 0.4) is 0 Å². The largest absolute Gasteiger partial charge is 0.461 e. The second-order valence-electron chi connectivity index (χ2n) is 5.41. The average molecular weight is 292 g/mol. The van der Waals surface area contributed by atoms with E-state index in [4.69, 9.17) is 26.2 Å². The highest BCUT2D eigenvalue weighted by atomic mass is 35.5. The fourth-order valence-corrected chi connectivity index (χ4v) is 3.16. The zero-order valence-electron chi connectivity index (χ0n) is 11.9. The van der Waals surface area contributed by atoms with Gasteiger partial charge < -0.3 is 14.6 Å². The van der Waals surface area contributed by atoms with Crippen LogP contribution in [0.5, 0.6) is 0 Å². The number of nitrogens with two attached hydrogens (primary N) is 1. The summed E-state index contributed by atoms with van der Waals surface area (Å²) in [6.07, 6.45) is 0.899. The van der Waals surface area contributed by atoms with Gasteiger partial charge >= 0.3 is 0 Å². The molecule has 2 N–H and O–H groups in total. The Morgan fingerprint density at radius 1 is 1.10 bits per heavy atom. The van der Waals surface area contributed by atoms with Crippen molar-refractivity contribution in [3.63, 3.8) is 0 Å². The Morgan fingerprint density at radius 2 is 1.70 bits per heavy atom. The van der Waals surface area contributed by atoms with E-state index in [1.165, 1.54) is 0 Å². The third-order valence-electron chi connectivity index (χ3n) is 3.77. The summed E-state index contributed by atoms with van der Waals surface area (Å²) in [5, 5.41) is 2.59. The number of hydrogen-bond acceptors (Lipinski definition) is 3. The maximum Gasteiger partial charge on any atom is 0.154 e. The first-order valence-electron chi connectivity index (χ1n) is 6.84. The fourth-order valence-electron chi connectivity index (χ4n) is 2.88. The van der Waals surface area contributed by atoms with Gasteiger partial charge in [0.25, 0.3) is 0 Å². The van der Waals surface area contributed by atoms with E-state index in [0.717, 1.165) is 45.4 Å². The van der Waals surface area contributed by atoms with E-state index >= 15 is 0 Å². The molecule has 1 aromatic carbocycles. The van der Waals surface area contributed by atoms with Gasteiger partial charge in [0.05, 0.1) is 5.02 Å². The van der Waals surface area contributed by atoms with Crippen LogP contribution >= 0.6 is 11.6 Å². The van der Waals surface area contributed by atoms with Gasteiger partial charge in [0.2, 0.25) is 0 Å². The summed E-state index contributed by atoms with van der Waals surface area (Å²) >= 11 is 6.48. The molecule has 0 fully saturated rings. The Hall–Kier alpha value is -1.45. The molecule has 0 radical (unpaired) electrons. The molecule has 20 heavy (non-hydrogen) atoms. The first-order chi connectivity index (χ1) is 9.52. The number of halogens is 1. The second-order valence-corrected chi connectivity index (χ2v) is 5.78.